The summed E-state index contributed by atoms with van der Waals surface area (Å²) in [6, 6.07) is 12.7. The predicted molar refractivity (Wildman–Crippen MR) is 103 cm³/mol. The van der Waals surface area contributed by atoms with Crippen LogP contribution in [-0.2, 0) is 16.0 Å². The van der Waals surface area contributed by atoms with Gasteiger partial charge in [-0.1, -0.05) is 29.8 Å². The lowest BCUT2D eigenvalue weighted by molar-refractivity contribution is -0.129. The van der Waals surface area contributed by atoms with Gasteiger partial charge in [0, 0.05) is 22.1 Å². The number of amides is 2. The minimum absolute atomic E-state index is 0.147. The lowest BCUT2D eigenvalue weighted by atomic mass is 10.1. The second-order valence-corrected chi connectivity index (χ2v) is 6.79. The van der Waals surface area contributed by atoms with Gasteiger partial charge < -0.3 is 9.72 Å². The molecule has 0 aliphatic carbocycles. The highest BCUT2D eigenvalue weighted by Crippen LogP contribution is 2.27. The van der Waals surface area contributed by atoms with E-state index in [-0.39, 0.29) is 18.9 Å². The number of aromatic amines is 1. The molecule has 0 atom stereocenters. The van der Waals surface area contributed by atoms with Crippen LogP contribution in [0.25, 0.3) is 10.9 Å². The number of hydrogen-bond donors (Lipinski definition) is 3. The fourth-order valence-electron chi connectivity index (χ4n) is 2.41. The van der Waals surface area contributed by atoms with Crippen molar-refractivity contribution in [2.45, 2.75) is 6.42 Å². The van der Waals surface area contributed by atoms with Gasteiger partial charge >= 0.3 is 0 Å². The van der Waals surface area contributed by atoms with Crippen molar-refractivity contribution < 1.29 is 14.3 Å². The molecule has 0 saturated heterocycles. The second kappa shape index (κ2) is 8.25. The Morgan fingerprint density at radius 1 is 1.12 bits per heavy atom. The number of halogens is 2. The maximum absolute atomic E-state index is 12.0. The highest BCUT2D eigenvalue weighted by molar-refractivity contribution is 9.10. The Morgan fingerprint density at radius 3 is 2.69 bits per heavy atom. The highest BCUT2D eigenvalue weighted by atomic mass is 79.9. The summed E-state index contributed by atoms with van der Waals surface area (Å²) in [5.41, 5.74) is 6.52. The number of para-hydroxylation sites is 1. The zero-order valence-electron chi connectivity index (χ0n) is 13.5. The largest absolute Gasteiger partial charge is 0.483 e. The van der Waals surface area contributed by atoms with Gasteiger partial charge in [-0.05, 0) is 45.8 Å². The Morgan fingerprint density at radius 2 is 1.88 bits per heavy atom. The van der Waals surface area contributed by atoms with E-state index in [9.17, 15) is 9.59 Å². The minimum Gasteiger partial charge on any atom is -0.483 e. The van der Waals surface area contributed by atoms with E-state index < -0.39 is 5.91 Å². The zero-order valence-corrected chi connectivity index (χ0v) is 15.9. The van der Waals surface area contributed by atoms with Crippen molar-refractivity contribution in [3.8, 4) is 5.75 Å². The summed E-state index contributed by atoms with van der Waals surface area (Å²) in [5, 5.41) is 1.53. The summed E-state index contributed by atoms with van der Waals surface area (Å²) >= 11 is 9.14. The normalized spacial score (nSPS) is 10.5. The van der Waals surface area contributed by atoms with Crippen molar-refractivity contribution in [2.24, 2.45) is 0 Å². The molecule has 0 spiro atoms. The molecule has 3 N–H and O–H groups in total. The van der Waals surface area contributed by atoms with Gasteiger partial charge in [0.25, 0.3) is 5.91 Å². The molecular formula is C18H15BrClN3O3. The molecule has 0 fully saturated rings. The molecule has 0 saturated carbocycles. The fourth-order valence-corrected chi connectivity index (χ4v) is 3.20. The van der Waals surface area contributed by atoms with E-state index in [1.165, 1.54) is 0 Å². The van der Waals surface area contributed by atoms with Crippen LogP contribution in [0.2, 0.25) is 5.02 Å². The first kappa shape index (κ1) is 18.3. The summed E-state index contributed by atoms with van der Waals surface area (Å²) in [4.78, 5) is 26.9. The Labute approximate surface area is 163 Å². The van der Waals surface area contributed by atoms with E-state index in [1.54, 1.807) is 24.4 Å². The number of benzene rings is 2. The standard InChI is InChI=1S/C18H15BrClN3O3/c19-14-8-12(20)5-6-16(14)26-10-18(25)23-22-17(24)7-11-9-21-15-4-2-1-3-13(11)15/h1-6,8-9,21H,7,10H2,(H,22,24)(H,23,25). The number of fused-ring (bicyclic) bond motifs is 1. The number of H-pyrrole nitrogens is 1. The Balaban J connectivity index is 1.47. The van der Waals surface area contributed by atoms with Crippen molar-refractivity contribution in [3.05, 3.63) is 63.7 Å². The van der Waals surface area contributed by atoms with Crippen LogP contribution in [0.15, 0.2) is 53.1 Å². The van der Waals surface area contributed by atoms with Gasteiger partial charge in [0.1, 0.15) is 5.75 Å². The smallest absolute Gasteiger partial charge is 0.276 e. The molecule has 2 aromatic carbocycles. The maximum atomic E-state index is 12.0. The number of carbonyl (C=O) groups excluding carboxylic acids is 2. The van der Waals surface area contributed by atoms with Crippen LogP contribution in [0.5, 0.6) is 5.75 Å². The minimum atomic E-state index is -0.473. The predicted octanol–water partition coefficient (Wildman–Crippen LogP) is 3.35. The van der Waals surface area contributed by atoms with Crippen molar-refractivity contribution in [1.82, 2.24) is 15.8 Å². The van der Waals surface area contributed by atoms with Gasteiger partial charge in [0.2, 0.25) is 5.91 Å². The third-order valence-electron chi connectivity index (χ3n) is 3.62. The number of rotatable bonds is 5. The van der Waals surface area contributed by atoms with Crippen molar-refractivity contribution in [1.29, 1.82) is 0 Å². The first-order valence-corrected chi connectivity index (χ1v) is 8.90. The van der Waals surface area contributed by atoms with E-state index in [0.29, 0.717) is 15.2 Å². The molecule has 3 rings (SSSR count). The Bertz CT molecular complexity index is 958. The van der Waals surface area contributed by atoms with Crippen LogP contribution in [-0.4, -0.2) is 23.4 Å². The molecular weight excluding hydrogens is 422 g/mol. The average Bonchev–Trinajstić information content (AvgIpc) is 3.02. The van der Waals surface area contributed by atoms with Gasteiger partial charge in [-0.3, -0.25) is 20.4 Å². The fraction of sp³-hybridized carbons (Fsp3) is 0.111. The number of ether oxygens (including phenoxy) is 1. The molecule has 1 aromatic heterocycles. The zero-order chi connectivity index (χ0) is 18.5. The van der Waals surface area contributed by atoms with Crippen LogP contribution < -0.4 is 15.6 Å². The average molecular weight is 437 g/mol. The number of hydrazine groups is 1. The summed E-state index contributed by atoms with van der Waals surface area (Å²) in [6.45, 7) is -0.242. The van der Waals surface area contributed by atoms with E-state index in [0.717, 1.165) is 16.5 Å². The molecule has 0 unspecified atom stereocenters. The van der Waals surface area contributed by atoms with E-state index in [1.807, 2.05) is 24.3 Å². The van der Waals surface area contributed by atoms with Gasteiger partial charge in [-0.15, -0.1) is 0 Å². The van der Waals surface area contributed by atoms with Crippen LogP contribution in [0.1, 0.15) is 5.56 Å². The van der Waals surface area contributed by atoms with Crippen molar-refractivity contribution in [3.63, 3.8) is 0 Å². The Hall–Kier alpha value is -2.51. The number of carbonyl (C=O) groups is 2. The van der Waals surface area contributed by atoms with Gasteiger partial charge in [0.15, 0.2) is 6.61 Å². The molecule has 1 heterocycles. The van der Waals surface area contributed by atoms with Crippen LogP contribution >= 0.6 is 27.5 Å². The number of nitrogens with one attached hydrogen (secondary N) is 3. The molecule has 0 bridgehead atoms. The molecule has 0 aliphatic rings. The van der Waals surface area contributed by atoms with E-state index in [2.05, 4.69) is 31.8 Å². The molecule has 2 amide bonds. The van der Waals surface area contributed by atoms with Crippen LogP contribution in [0, 0.1) is 0 Å². The molecule has 0 radical (unpaired) electrons. The third kappa shape index (κ3) is 4.56. The first-order valence-electron chi connectivity index (χ1n) is 7.73. The number of aromatic nitrogens is 1. The lowest BCUT2D eigenvalue weighted by Gasteiger charge is -2.10. The second-order valence-electron chi connectivity index (χ2n) is 5.50. The molecule has 134 valence electrons. The summed E-state index contributed by atoms with van der Waals surface area (Å²) in [5.74, 6) is -0.315. The summed E-state index contributed by atoms with van der Waals surface area (Å²) in [7, 11) is 0. The highest BCUT2D eigenvalue weighted by Gasteiger charge is 2.10. The van der Waals surface area contributed by atoms with Gasteiger partial charge in [0.05, 0.1) is 10.9 Å². The van der Waals surface area contributed by atoms with Crippen LogP contribution in [0.3, 0.4) is 0 Å². The number of hydrogen-bond acceptors (Lipinski definition) is 3. The monoisotopic (exact) mass is 435 g/mol. The summed E-state index contributed by atoms with van der Waals surface area (Å²) in [6.07, 6.45) is 1.93. The summed E-state index contributed by atoms with van der Waals surface area (Å²) < 4.78 is 6.02. The molecule has 6 nitrogen and oxygen atoms in total. The van der Waals surface area contributed by atoms with Crippen molar-refractivity contribution in [2.75, 3.05) is 6.61 Å². The van der Waals surface area contributed by atoms with Gasteiger partial charge in [-0.2, -0.15) is 0 Å². The topological polar surface area (TPSA) is 83.2 Å². The third-order valence-corrected chi connectivity index (χ3v) is 4.47. The van der Waals surface area contributed by atoms with Crippen LogP contribution in [0.4, 0.5) is 0 Å². The van der Waals surface area contributed by atoms with Gasteiger partial charge in [-0.25, -0.2) is 0 Å². The first-order chi connectivity index (χ1) is 12.5. The van der Waals surface area contributed by atoms with Crippen molar-refractivity contribution >= 4 is 50.2 Å². The Kier molecular flexibility index (Phi) is 5.80. The van der Waals surface area contributed by atoms with E-state index in [4.69, 9.17) is 16.3 Å². The molecule has 26 heavy (non-hydrogen) atoms. The van der Waals surface area contributed by atoms with E-state index >= 15 is 0 Å². The molecule has 3 aromatic rings. The molecule has 0 aliphatic heterocycles. The molecule has 8 heteroatoms. The lowest BCUT2D eigenvalue weighted by Crippen LogP contribution is -2.44. The maximum Gasteiger partial charge on any atom is 0.276 e. The SMILES string of the molecule is O=C(COc1ccc(Cl)cc1Br)NNC(=O)Cc1c[nH]c2ccccc12. The quantitative estimate of drug-likeness (QED) is 0.536.